The van der Waals surface area contributed by atoms with Crippen LogP contribution in [0.4, 0.5) is 5.69 Å². The number of benzene rings is 1. The average molecular weight is 356 g/mol. The van der Waals surface area contributed by atoms with Crippen LogP contribution in [-0.4, -0.2) is 21.4 Å². The average Bonchev–Trinajstić information content (AvgIpc) is 2.48. The van der Waals surface area contributed by atoms with Gasteiger partial charge in [0.2, 0.25) is 0 Å². The fraction of sp³-hybridized carbons (Fsp3) is 0.375. The molecule has 0 radical (unpaired) electrons. The topological polar surface area (TPSA) is 67.2 Å². The molecule has 0 aliphatic carbocycles. The largest absolute Gasteiger partial charge is 0.387 e. The Morgan fingerprint density at radius 3 is 2.43 bits per heavy atom. The maximum atomic E-state index is 12.2. The zero-order valence-electron chi connectivity index (χ0n) is 13.2. The predicted molar refractivity (Wildman–Crippen MR) is 93.4 cm³/mol. The number of anilines is 1. The Kier molecular flexibility index (Phi) is 5.34. The predicted octanol–water partition coefficient (Wildman–Crippen LogP) is 3.45. The molecule has 0 bridgehead atoms. The number of hydrogen-bond donors (Lipinski definition) is 2. The van der Waals surface area contributed by atoms with Crippen molar-refractivity contribution < 1.29 is 5.11 Å². The van der Waals surface area contributed by atoms with Crippen LogP contribution in [0.1, 0.15) is 32.4 Å². The van der Waals surface area contributed by atoms with Gasteiger partial charge in [-0.25, -0.2) is 4.68 Å². The standard InChI is InChI=1S/C16H19Cl2N3O2/c1-16(2,3)21-15(23)14(18)12(8-20-21)19-9-13(22)10-4-6-11(17)7-5-10/h4-8,13,19,22H,9H2,1-3H3. The molecular weight excluding hydrogens is 337 g/mol. The molecule has 2 N–H and O–H groups in total. The first kappa shape index (κ1) is 17.8. The molecular formula is C16H19Cl2N3O2. The molecule has 2 rings (SSSR count). The highest BCUT2D eigenvalue weighted by Crippen LogP contribution is 2.21. The molecule has 0 spiro atoms. The van der Waals surface area contributed by atoms with Gasteiger partial charge in [0.1, 0.15) is 5.02 Å². The summed E-state index contributed by atoms with van der Waals surface area (Å²) in [6.07, 6.45) is 0.734. The van der Waals surface area contributed by atoms with Crippen LogP contribution in [0.5, 0.6) is 0 Å². The van der Waals surface area contributed by atoms with Crippen LogP contribution in [0.2, 0.25) is 10.0 Å². The van der Waals surface area contributed by atoms with Crippen molar-refractivity contribution >= 4 is 28.9 Å². The highest BCUT2D eigenvalue weighted by Gasteiger charge is 2.19. The highest BCUT2D eigenvalue weighted by atomic mass is 35.5. The minimum absolute atomic E-state index is 0.0539. The Morgan fingerprint density at radius 1 is 1.26 bits per heavy atom. The first-order valence-electron chi connectivity index (χ1n) is 7.16. The molecule has 1 heterocycles. The smallest absolute Gasteiger partial charge is 0.288 e. The van der Waals surface area contributed by atoms with Crippen LogP contribution >= 0.6 is 23.2 Å². The van der Waals surface area contributed by atoms with E-state index in [1.807, 2.05) is 20.8 Å². The molecule has 0 aliphatic heterocycles. The lowest BCUT2D eigenvalue weighted by Gasteiger charge is -2.21. The maximum absolute atomic E-state index is 12.2. The minimum Gasteiger partial charge on any atom is -0.387 e. The van der Waals surface area contributed by atoms with Gasteiger partial charge >= 0.3 is 0 Å². The number of aliphatic hydroxyl groups is 1. The van der Waals surface area contributed by atoms with Crippen molar-refractivity contribution in [1.82, 2.24) is 9.78 Å². The molecule has 0 aliphatic rings. The van der Waals surface area contributed by atoms with E-state index in [2.05, 4.69) is 10.4 Å². The lowest BCUT2D eigenvalue weighted by atomic mass is 10.1. The molecule has 7 heteroatoms. The number of nitrogens with zero attached hydrogens (tertiary/aromatic N) is 2. The molecule has 5 nitrogen and oxygen atoms in total. The summed E-state index contributed by atoms with van der Waals surface area (Å²) in [5, 5.41) is 17.9. The van der Waals surface area contributed by atoms with Crippen LogP contribution in [-0.2, 0) is 5.54 Å². The van der Waals surface area contributed by atoms with Crippen molar-refractivity contribution in [3.63, 3.8) is 0 Å². The summed E-state index contributed by atoms with van der Waals surface area (Å²) < 4.78 is 1.33. The van der Waals surface area contributed by atoms with Gasteiger partial charge in [0.15, 0.2) is 0 Å². The number of nitrogens with one attached hydrogen (secondary N) is 1. The third-order valence-corrected chi connectivity index (χ3v) is 3.91. The quantitative estimate of drug-likeness (QED) is 0.881. The van der Waals surface area contributed by atoms with Crippen LogP contribution in [0.3, 0.4) is 0 Å². The lowest BCUT2D eigenvalue weighted by Crippen LogP contribution is -2.36. The fourth-order valence-corrected chi connectivity index (χ4v) is 2.36. The molecule has 124 valence electrons. The van der Waals surface area contributed by atoms with Crippen LogP contribution in [0.25, 0.3) is 0 Å². The number of rotatable bonds is 4. The normalized spacial score (nSPS) is 13.0. The molecule has 0 fully saturated rings. The molecule has 0 saturated carbocycles. The van der Waals surface area contributed by atoms with Gasteiger partial charge in [-0.2, -0.15) is 5.10 Å². The first-order valence-corrected chi connectivity index (χ1v) is 7.91. The maximum Gasteiger partial charge on any atom is 0.288 e. The Labute approximate surface area is 144 Å². The van der Waals surface area contributed by atoms with Crippen molar-refractivity contribution in [3.05, 3.63) is 56.4 Å². The summed E-state index contributed by atoms with van der Waals surface area (Å²) in [5.74, 6) is 0. The Bertz CT molecular complexity index is 736. The van der Waals surface area contributed by atoms with Crippen LogP contribution < -0.4 is 10.9 Å². The van der Waals surface area contributed by atoms with E-state index in [1.54, 1.807) is 24.3 Å². The fourth-order valence-electron chi connectivity index (χ4n) is 2.04. The van der Waals surface area contributed by atoms with E-state index in [4.69, 9.17) is 23.2 Å². The van der Waals surface area contributed by atoms with E-state index >= 15 is 0 Å². The Balaban J connectivity index is 2.13. The van der Waals surface area contributed by atoms with Gasteiger partial charge in [0, 0.05) is 11.6 Å². The van der Waals surface area contributed by atoms with Crippen molar-refractivity contribution in [3.8, 4) is 0 Å². The second kappa shape index (κ2) is 6.91. The number of aromatic nitrogens is 2. The number of hydrogen-bond acceptors (Lipinski definition) is 4. The van der Waals surface area contributed by atoms with Crippen molar-refractivity contribution in [2.24, 2.45) is 0 Å². The summed E-state index contributed by atoms with van der Waals surface area (Å²) >= 11 is 11.9. The van der Waals surface area contributed by atoms with E-state index in [9.17, 15) is 9.90 Å². The van der Waals surface area contributed by atoms with Crippen molar-refractivity contribution in [2.45, 2.75) is 32.4 Å². The van der Waals surface area contributed by atoms with Gasteiger partial charge in [-0.3, -0.25) is 4.79 Å². The molecule has 1 aromatic heterocycles. The van der Waals surface area contributed by atoms with Gasteiger partial charge < -0.3 is 10.4 Å². The monoisotopic (exact) mass is 355 g/mol. The number of halogens is 2. The summed E-state index contributed by atoms with van der Waals surface area (Å²) in [7, 11) is 0. The second-order valence-electron chi connectivity index (χ2n) is 6.21. The minimum atomic E-state index is -0.756. The van der Waals surface area contributed by atoms with E-state index in [1.165, 1.54) is 10.9 Å². The summed E-state index contributed by atoms with van der Waals surface area (Å²) in [6, 6.07) is 6.90. The third kappa shape index (κ3) is 4.25. The van der Waals surface area contributed by atoms with E-state index < -0.39 is 11.6 Å². The molecule has 23 heavy (non-hydrogen) atoms. The zero-order chi connectivity index (χ0) is 17.2. The highest BCUT2D eigenvalue weighted by molar-refractivity contribution is 6.33. The molecule has 1 aromatic carbocycles. The Hall–Kier alpha value is -1.56. The Morgan fingerprint density at radius 2 is 1.87 bits per heavy atom. The van der Waals surface area contributed by atoms with Crippen LogP contribution in [0, 0.1) is 0 Å². The van der Waals surface area contributed by atoms with Gasteiger partial charge in [-0.1, -0.05) is 35.3 Å². The molecule has 2 aromatic rings. The lowest BCUT2D eigenvalue weighted by molar-refractivity contribution is 0.191. The van der Waals surface area contributed by atoms with Gasteiger partial charge in [-0.05, 0) is 38.5 Å². The van der Waals surface area contributed by atoms with E-state index in [0.717, 1.165) is 0 Å². The summed E-state index contributed by atoms with van der Waals surface area (Å²) in [6.45, 7) is 5.81. The third-order valence-electron chi connectivity index (χ3n) is 3.29. The van der Waals surface area contributed by atoms with Crippen molar-refractivity contribution in [1.29, 1.82) is 0 Å². The summed E-state index contributed by atoms with van der Waals surface area (Å²) in [5.41, 5.74) is 0.284. The van der Waals surface area contributed by atoms with Crippen LogP contribution in [0.15, 0.2) is 35.3 Å². The first-order chi connectivity index (χ1) is 10.7. The molecule has 0 saturated heterocycles. The number of aliphatic hydroxyl groups excluding tert-OH is 1. The van der Waals surface area contributed by atoms with Gasteiger partial charge in [-0.15, -0.1) is 0 Å². The second-order valence-corrected chi connectivity index (χ2v) is 7.02. The molecule has 1 atom stereocenters. The molecule has 0 amide bonds. The zero-order valence-corrected chi connectivity index (χ0v) is 14.7. The van der Waals surface area contributed by atoms with Gasteiger partial charge in [0.05, 0.1) is 23.5 Å². The molecule has 1 unspecified atom stereocenters. The van der Waals surface area contributed by atoms with Crippen molar-refractivity contribution in [2.75, 3.05) is 11.9 Å². The summed E-state index contributed by atoms with van der Waals surface area (Å²) in [4.78, 5) is 12.2. The van der Waals surface area contributed by atoms with E-state index in [-0.39, 0.29) is 17.1 Å². The van der Waals surface area contributed by atoms with Gasteiger partial charge in [0.25, 0.3) is 5.56 Å². The van der Waals surface area contributed by atoms with E-state index in [0.29, 0.717) is 16.3 Å². The SMILES string of the molecule is CC(C)(C)n1ncc(NCC(O)c2ccc(Cl)cc2)c(Cl)c1=O.